The van der Waals surface area contributed by atoms with Crippen LogP contribution in [0.2, 0.25) is 0 Å². The van der Waals surface area contributed by atoms with E-state index in [0.29, 0.717) is 11.3 Å². The van der Waals surface area contributed by atoms with Crippen LogP contribution in [0.4, 0.5) is 11.4 Å². The molecule has 5 heteroatoms. The minimum atomic E-state index is -0.415. The number of nitrogens with two attached hydrogens (primary N) is 1. The Bertz CT molecular complexity index is 468. The molecule has 0 bridgehead atoms. The summed E-state index contributed by atoms with van der Waals surface area (Å²) in [7, 11) is 1.35. The molecule has 1 atom stereocenters. The van der Waals surface area contributed by atoms with Gasteiger partial charge in [0.25, 0.3) is 0 Å². The average Bonchev–Trinajstić information content (AvgIpc) is 2.92. The number of aryl methyl sites for hydroxylation is 1. The molecule has 0 aliphatic carbocycles. The quantitative estimate of drug-likeness (QED) is 0.642. The minimum Gasteiger partial charge on any atom is -0.465 e. The van der Waals surface area contributed by atoms with E-state index in [0.717, 1.165) is 37.2 Å². The van der Waals surface area contributed by atoms with Crippen LogP contribution in [0, 0.1) is 6.92 Å². The molecule has 1 heterocycles. The highest BCUT2D eigenvalue weighted by molar-refractivity contribution is 5.97. The van der Waals surface area contributed by atoms with Crippen molar-refractivity contribution in [2.75, 3.05) is 31.3 Å². The van der Waals surface area contributed by atoms with Gasteiger partial charge in [0.2, 0.25) is 0 Å². The highest BCUT2D eigenvalue weighted by atomic mass is 16.5. The van der Waals surface area contributed by atoms with E-state index in [-0.39, 0.29) is 6.10 Å². The van der Waals surface area contributed by atoms with E-state index in [4.69, 9.17) is 15.2 Å². The number of nitrogen functional groups attached to an aromatic ring is 1. The maximum atomic E-state index is 11.6. The van der Waals surface area contributed by atoms with Crippen molar-refractivity contribution >= 4 is 17.3 Å². The first kappa shape index (κ1) is 13.7. The standard InChI is InChI=1S/C14H20N2O3/c1-9-6-10(16-8-11-4-3-5-19-11)7-12(13(9)15)14(17)18-2/h6-7,11,16H,3-5,8,15H2,1-2H3. The zero-order valence-electron chi connectivity index (χ0n) is 11.4. The van der Waals surface area contributed by atoms with Crippen molar-refractivity contribution in [1.29, 1.82) is 0 Å². The van der Waals surface area contributed by atoms with E-state index in [1.807, 2.05) is 13.0 Å². The van der Waals surface area contributed by atoms with Gasteiger partial charge in [-0.2, -0.15) is 0 Å². The van der Waals surface area contributed by atoms with Crippen molar-refractivity contribution in [3.63, 3.8) is 0 Å². The molecule has 104 valence electrons. The highest BCUT2D eigenvalue weighted by Crippen LogP contribution is 2.24. The summed E-state index contributed by atoms with van der Waals surface area (Å²) in [6.45, 7) is 3.45. The lowest BCUT2D eigenvalue weighted by atomic mass is 10.1. The predicted molar refractivity (Wildman–Crippen MR) is 74.4 cm³/mol. The Labute approximate surface area is 113 Å². The third kappa shape index (κ3) is 3.17. The van der Waals surface area contributed by atoms with Gasteiger partial charge in [-0.3, -0.25) is 0 Å². The maximum absolute atomic E-state index is 11.6. The Morgan fingerprint density at radius 2 is 2.37 bits per heavy atom. The number of anilines is 2. The second kappa shape index (κ2) is 5.93. The van der Waals surface area contributed by atoms with Crippen LogP contribution >= 0.6 is 0 Å². The summed E-state index contributed by atoms with van der Waals surface area (Å²) in [6.07, 6.45) is 2.44. The summed E-state index contributed by atoms with van der Waals surface area (Å²) >= 11 is 0. The zero-order chi connectivity index (χ0) is 13.8. The molecule has 3 N–H and O–H groups in total. The summed E-state index contributed by atoms with van der Waals surface area (Å²) in [5.41, 5.74) is 8.48. The molecule has 1 aliphatic rings. The van der Waals surface area contributed by atoms with E-state index in [2.05, 4.69) is 5.32 Å². The summed E-state index contributed by atoms with van der Waals surface area (Å²) in [4.78, 5) is 11.6. The molecule has 1 aliphatic heterocycles. The summed E-state index contributed by atoms with van der Waals surface area (Å²) in [5.74, 6) is -0.415. The Kier molecular flexibility index (Phi) is 4.27. The number of benzene rings is 1. The number of hydrogen-bond donors (Lipinski definition) is 2. The molecule has 0 saturated carbocycles. The van der Waals surface area contributed by atoms with E-state index < -0.39 is 5.97 Å². The molecular formula is C14H20N2O3. The van der Waals surface area contributed by atoms with Gasteiger partial charge in [0.1, 0.15) is 0 Å². The van der Waals surface area contributed by atoms with Crippen LogP contribution in [0.25, 0.3) is 0 Å². The molecule has 1 fully saturated rings. The van der Waals surface area contributed by atoms with Gasteiger partial charge < -0.3 is 20.5 Å². The molecule has 1 aromatic carbocycles. The van der Waals surface area contributed by atoms with E-state index in [1.54, 1.807) is 6.07 Å². The molecule has 0 amide bonds. The molecule has 1 aromatic rings. The van der Waals surface area contributed by atoms with Crippen LogP contribution in [0.1, 0.15) is 28.8 Å². The van der Waals surface area contributed by atoms with Crippen LogP contribution in [-0.2, 0) is 9.47 Å². The number of ether oxygens (including phenoxy) is 2. The topological polar surface area (TPSA) is 73.6 Å². The van der Waals surface area contributed by atoms with Crippen LogP contribution in [0.15, 0.2) is 12.1 Å². The second-order valence-corrected chi connectivity index (χ2v) is 4.76. The minimum absolute atomic E-state index is 0.249. The fourth-order valence-corrected chi connectivity index (χ4v) is 2.22. The van der Waals surface area contributed by atoms with Crippen LogP contribution in [0.3, 0.4) is 0 Å². The van der Waals surface area contributed by atoms with Crippen LogP contribution in [-0.4, -0.2) is 32.3 Å². The third-order valence-corrected chi connectivity index (χ3v) is 3.35. The van der Waals surface area contributed by atoms with Gasteiger partial charge >= 0.3 is 5.97 Å². The van der Waals surface area contributed by atoms with Crippen molar-refractivity contribution in [3.05, 3.63) is 23.3 Å². The Morgan fingerprint density at radius 1 is 1.58 bits per heavy atom. The SMILES string of the molecule is COC(=O)c1cc(NCC2CCCO2)cc(C)c1N. The number of methoxy groups -OCH3 is 1. The molecule has 0 spiro atoms. The monoisotopic (exact) mass is 264 g/mol. The largest absolute Gasteiger partial charge is 0.465 e. The van der Waals surface area contributed by atoms with Crippen LogP contribution in [0.5, 0.6) is 0 Å². The molecule has 5 nitrogen and oxygen atoms in total. The Hall–Kier alpha value is -1.75. The predicted octanol–water partition coefficient (Wildman–Crippen LogP) is 1.95. The van der Waals surface area contributed by atoms with Gasteiger partial charge in [0, 0.05) is 24.5 Å². The Balaban J connectivity index is 2.11. The highest BCUT2D eigenvalue weighted by Gasteiger charge is 2.17. The first-order chi connectivity index (χ1) is 9.11. The molecule has 0 radical (unpaired) electrons. The summed E-state index contributed by atoms with van der Waals surface area (Å²) < 4.78 is 10.3. The number of nitrogens with one attached hydrogen (secondary N) is 1. The van der Waals surface area contributed by atoms with Gasteiger partial charge in [-0.15, -0.1) is 0 Å². The molecule has 0 aromatic heterocycles. The lowest BCUT2D eigenvalue weighted by molar-refractivity contribution is 0.0602. The number of carbonyl (C=O) groups excluding carboxylic acids is 1. The fourth-order valence-electron chi connectivity index (χ4n) is 2.22. The van der Waals surface area contributed by atoms with Crippen LogP contribution < -0.4 is 11.1 Å². The number of hydrogen-bond acceptors (Lipinski definition) is 5. The van der Waals surface area contributed by atoms with Crippen molar-refractivity contribution in [1.82, 2.24) is 0 Å². The van der Waals surface area contributed by atoms with Gasteiger partial charge in [0.05, 0.1) is 18.8 Å². The molecule has 1 saturated heterocycles. The lowest BCUT2D eigenvalue weighted by Gasteiger charge is -2.15. The van der Waals surface area contributed by atoms with Crippen molar-refractivity contribution < 1.29 is 14.3 Å². The Morgan fingerprint density at radius 3 is 3.00 bits per heavy atom. The van der Waals surface area contributed by atoms with Gasteiger partial charge in [-0.25, -0.2) is 4.79 Å². The smallest absolute Gasteiger partial charge is 0.340 e. The zero-order valence-corrected chi connectivity index (χ0v) is 11.4. The van der Waals surface area contributed by atoms with Gasteiger partial charge in [-0.1, -0.05) is 0 Å². The van der Waals surface area contributed by atoms with Crippen molar-refractivity contribution in [2.45, 2.75) is 25.9 Å². The maximum Gasteiger partial charge on any atom is 0.340 e. The van der Waals surface area contributed by atoms with Gasteiger partial charge in [0.15, 0.2) is 0 Å². The van der Waals surface area contributed by atoms with E-state index >= 15 is 0 Å². The van der Waals surface area contributed by atoms with Crippen molar-refractivity contribution in [2.24, 2.45) is 0 Å². The van der Waals surface area contributed by atoms with E-state index in [1.165, 1.54) is 7.11 Å². The molecule has 19 heavy (non-hydrogen) atoms. The van der Waals surface area contributed by atoms with E-state index in [9.17, 15) is 4.79 Å². The first-order valence-corrected chi connectivity index (χ1v) is 6.45. The number of rotatable bonds is 4. The van der Waals surface area contributed by atoms with Gasteiger partial charge in [-0.05, 0) is 37.5 Å². The van der Waals surface area contributed by atoms with Crippen molar-refractivity contribution in [3.8, 4) is 0 Å². The fraction of sp³-hybridized carbons (Fsp3) is 0.500. The normalized spacial score (nSPS) is 18.3. The number of esters is 1. The first-order valence-electron chi connectivity index (χ1n) is 6.45. The molecular weight excluding hydrogens is 244 g/mol. The lowest BCUT2D eigenvalue weighted by Crippen LogP contribution is -2.19. The summed E-state index contributed by atoms with van der Waals surface area (Å²) in [5, 5.41) is 3.29. The second-order valence-electron chi connectivity index (χ2n) is 4.76. The number of carbonyl (C=O) groups is 1. The summed E-state index contributed by atoms with van der Waals surface area (Å²) in [6, 6.07) is 3.65. The average molecular weight is 264 g/mol. The molecule has 1 unspecified atom stereocenters. The molecule has 2 rings (SSSR count). The third-order valence-electron chi connectivity index (χ3n) is 3.35.